The molecule has 1 saturated carbocycles. The van der Waals surface area contributed by atoms with Gasteiger partial charge in [-0.15, -0.1) is 0 Å². The summed E-state index contributed by atoms with van der Waals surface area (Å²) >= 11 is 12.1. The number of amides is 2. The van der Waals surface area contributed by atoms with Crippen molar-refractivity contribution in [2.24, 2.45) is 0 Å². The maximum Gasteiger partial charge on any atom is 0.251 e. The highest BCUT2D eigenvalue weighted by molar-refractivity contribution is 6.42. The molecule has 4 nitrogen and oxygen atoms in total. The minimum atomic E-state index is -0.316. The highest BCUT2D eigenvalue weighted by atomic mass is 35.5. The van der Waals surface area contributed by atoms with E-state index in [1.54, 1.807) is 36.4 Å². The van der Waals surface area contributed by atoms with Crippen LogP contribution in [0.4, 0.5) is 5.69 Å². The number of carbonyl (C=O) groups is 2. The Labute approximate surface area is 162 Å². The zero-order chi connectivity index (χ0) is 18.7. The fraction of sp³-hybridized carbons (Fsp3) is 0.200. The second kappa shape index (κ2) is 7.94. The quantitative estimate of drug-likeness (QED) is 0.719. The molecule has 2 aromatic rings. The fourth-order valence-electron chi connectivity index (χ4n) is 2.38. The number of hydrogen-bond donors (Lipinski definition) is 2. The van der Waals surface area contributed by atoms with Crippen LogP contribution in [0.1, 0.15) is 34.3 Å². The number of carbonyl (C=O) groups excluding carboxylic acids is 2. The molecule has 2 aromatic carbocycles. The first-order chi connectivity index (χ1) is 12.4. The summed E-state index contributed by atoms with van der Waals surface area (Å²) in [6.45, 7) is 1.87. The number of aryl methyl sites for hydroxylation is 1. The Morgan fingerprint density at radius 2 is 1.92 bits per heavy atom. The summed E-state index contributed by atoms with van der Waals surface area (Å²) in [5, 5.41) is 6.56. The minimum absolute atomic E-state index is 0.121. The first kappa shape index (κ1) is 18.5. The Morgan fingerprint density at radius 3 is 2.65 bits per heavy atom. The van der Waals surface area contributed by atoms with Gasteiger partial charge in [-0.2, -0.15) is 0 Å². The molecule has 1 aliphatic rings. The van der Waals surface area contributed by atoms with Crippen molar-refractivity contribution in [1.29, 1.82) is 0 Å². The maximum atomic E-state index is 12.2. The van der Waals surface area contributed by atoms with Crippen molar-refractivity contribution in [2.75, 3.05) is 5.32 Å². The second-order valence-electron chi connectivity index (χ2n) is 6.24. The largest absolute Gasteiger partial charge is 0.349 e. The van der Waals surface area contributed by atoms with E-state index in [0.717, 1.165) is 18.4 Å². The van der Waals surface area contributed by atoms with Gasteiger partial charge in [0.1, 0.15) is 0 Å². The summed E-state index contributed by atoms with van der Waals surface area (Å²) in [6.07, 6.45) is 5.03. The molecule has 0 aliphatic heterocycles. The molecule has 0 spiro atoms. The molecule has 0 saturated heterocycles. The molecular weight excluding hydrogens is 371 g/mol. The molecule has 2 amide bonds. The summed E-state index contributed by atoms with van der Waals surface area (Å²) in [7, 11) is 0. The van der Waals surface area contributed by atoms with E-state index in [1.807, 2.05) is 13.0 Å². The Balaban J connectivity index is 1.71. The standard InChI is InChI=1S/C20H18Cl2N2O2/c1-12-5-6-14(20(26)23-15-8-9-15)11-17(12)24-18(25)10-7-13-3-2-4-16(21)19(13)22/h2-7,10-11,15H,8-9H2,1H3,(H,23,26)(H,24,25)/b10-7+. The molecule has 0 bridgehead atoms. The molecule has 1 aliphatic carbocycles. The van der Waals surface area contributed by atoms with Crippen LogP contribution in [0.2, 0.25) is 10.0 Å². The molecule has 1 fully saturated rings. The molecule has 0 heterocycles. The summed E-state index contributed by atoms with van der Waals surface area (Å²) in [6, 6.07) is 10.8. The van der Waals surface area contributed by atoms with Crippen LogP contribution in [-0.4, -0.2) is 17.9 Å². The van der Waals surface area contributed by atoms with E-state index in [2.05, 4.69) is 10.6 Å². The minimum Gasteiger partial charge on any atom is -0.349 e. The fourth-order valence-corrected chi connectivity index (χ4v) is 2.75. The molecule has 2 N–H and O–H groups in total. The van der Waals surface area contributed by atoms with Gasteiger partial charge in [0.05, 0.1) is 10.0 Å². The Hall–Kier alpha value is -2.30. The van der Waals surface area contributed by atoms with Crippen LogP contribution in [0.15, 0.2) is 42.5 Å². The summed E-state index contributed by atoms with van der Waals surface area (Å²) in [5.74, 6) is -0.437. The SMILES string of the molecule is Cc1ccc(C(=O)NC2CC2)cc1NC(=O)/C=C/c1cccc(Cl)c1Cl. The van der Waals surface area contributed by atoms with E-state index < -0.39 is 0 Å². The highest BCUT2D eigenvalue weighted by Crippen LogP contribution is 2.26. The van der Waals surface area contributed by atoms with Gasteiger partial charge in [0.25, 0.3) is 5.91 Å². The van der Waals surface area contributed by atoms with Crippen molar-refractivity contribution in [3.63, 3.8) is 0 Å². The van der Waals surface area contributed by atoms with Crippen molar-refractivity contribution >= 4 is 46.8 Å². The molecule has 134 valence electrons. The normalized spacial score (nSPS) is 13.7. The van der Waals surface area contributed by atoms with Crippen LogP contribution in [0.5, 0.6) is 0 Å². The average Bonchev–Trinajstić information content (AvgIpc) is 3.42. The van der Waals surface area contributed by atoms with E-state index in [1.165, 1.54) is 6.08 Å². The topological polar surface area (TPSA) is 58.2 Å². The lowest BCUT2D eigenvalue weighted by atomic mass is 10.1. The third-order valence-corrected chi connectivity index (χ3v) is 4.90. The molecule has 0 atom stereocenters. The van der Waals surface area contributed by atoms with Gasteiger partial charge in [0.15, 0.2) is 0 Å². The van der Waals surface area contributed by atoms with Crippen LogP contribution in [0.25, 0.3) is 6.08 Å². The first-order valence-corrected chi connectivity index (χ1v) is 9.04. The van der Waals surface area contributed by atoms with Gasteiger partial charge in [-0.05, 0) is 55.2 Å². The van der Waals surface area contributed by atoms with Crippen molar-refractivity contribution in [3.8, 4) is 0 Å². The predicted molar refractivity (Wildman–Crippen MR) is 106 cm³/mol. The number of anilines is 1. The second-order valence-corrected chi connectivity index (χ2v) is 7.03. The lowest BCUT2D eigenvalue weighted by Gasteiger charge is -2.10. The van der Waals surface area contributed by atoms with Gasteiger partial charge in [-0.1, -0.05) is 41.4 Å². The van der Waals surface area contributed by atoms with Crippen LogP contribution in [0, 0.1) is 6.92 Å². The zero-order valence-electron chi connectivity index (χ0n) is 14.2. The first-order valence-electron chi connectivity index (χ1n) is 8.28. The van der Waals surface area contributed by atoms with E-state index in [9.17, 15) is 9.59 Å². The Morgan fingerprint density at radius 1 is 1.15 bits per heavy atom. The number of benzene rings is 2. The van der Waals surface area contributed by atoms with Gasteiger partial charge >= 0.3 is 0 Å². The molecule has 0 aromatic heterocycles. The monoisotopic (exact) mass is 388 g/mol. The number of halogens is 2. The van der Waals surface area contributed by atoms with Crippen LogP contribution in [-0.2, 0) is 4.79 Å². The number of rotatable bonds is 5. The molecule has 0 unspecified atom stereocenters. The van der Waals surface area contributed by atoms with Gasteiger partial charge in [0, 0.05) is 23.4 Å². The van der Waals surface area contributed by atoms with Gasteiger partial charge in [-0.25, -0.2) is 0 Å². The van der Waals surface area contributed by atoms with E-state index in [4.69, 9.17) is 23.2 Å². The lowest BCUT2D eigenvalue weighted by Crippen LogP contribution is -2.25. The number of nitrogens with one attached hydrogen (secondary N) is 2. The summed E-state index contributed by atoms with van der Waals surface area (Å²) in [4.78, 5) is 24.4. The zero-order valence-corrected chi connectivity index (χ0v) is 15.7. The predicted octanol–water partition coefficient (Wildman–Crippen LogP) is 4.85. The van der Waals surface area contributed by atoms with Gasteiger partial charge in [0.2, 0.25) is 5.91 Å². The van der Waals surface area contributed by atoms with Gasteiger partial charge in [-0.3, -0.25) is 9.59 Å². The maximum absolute atomic E-state index is 12.2. The third kappa shape index (κ3) is 4.65. The molecule has 3 rings (SSSR count). The highest BCUT2D eigenvalue weighted by Gasteiger charge is 2.24. The third-order valence-electron chi connectivity index (χ3n) is 4.07. The Kier molecular flexibility index (Phi) is 5.64. The van der Waals surface area contributed by atoms with Crippen LogP contribution < -0.4 is 10.6 Å². The van der Waals surface area contributed by atoms with E-state index in [-0.39, 0.29) is 17.9 Å². The van der Waals surface area contributed by atoms with Crippen LogP contribution >= 0.6 is 23.2 Å². The average molecular weight is 389 g/mol. The smallest absolute Gasteiger partial charge is 0.251 e. The van der Waals surface area contributed by atoms with E-state index in [0.29, 0.717) is 26.9 Å². The lowest BCUT2D eigenvalue weighted by molar-refractivity contribution is -0.111. The van der Waals surface area contributed by atoms with Crippen molar-refractivity contribution in [2.45, 2.75) is 25.8 Å². The summed E-state index contributed by atoms with van der Waals surface area (Å²) < 4.78 is 0. The van der Waals surface area contributed by atoms with Crippen molar-refractivity contribution in [3.05, 3.63) is 69.2 Å². The van der Waals surface area contributed by atoms with Crippen molar-refractivity contribution < 1.29 is 9.59 Å². The summed E-state index contributed by atoms with van der Waals surface area (Å²) in [5.41, 5.74) is 2.65. The van der Waals surface area contributed by atoms with E-state index >= 15 is 0 Å². The van der Waals surface area contributed by atoms with Crippen molar-refractivity contribution in [1.82, 2.24) is 5.32 Å². The van der Waals surface area contributed by atoms with Crippen LogP contribution in [0.3, 0.4) is 0 Å². The number of hydrogen-bond acceptors (Lipinski definition) is 2. The molecular formula is C20H18Cl2N2O2. The van der Waals surface area contributed by atoms with Gasteiger partial charge < -0.3 is 10.6 Å². The molecule has 26 heavy (non-hydrogen) atoms. The molecule has 6 heteroatoms. The molecule has 0 radical (unpaired) electrons. The Bertz CT molecular complexity index is 889.